The Hall–Kier alpha value is -1.74. The van der Waals surface area contributed by atoms with Crippen molar-refractivity contribution in [2.45, 2.75) is 25.8 Å². The van der Waals surface area contributed by atoms with Gasteiger partial charge in [-0.25, -0.2) is 4.39 Å². The van der Waals surface area contributed by atoms with Gasteiger partial charge >= 0.3 is 0 Å². The normalized spacial score (nSPS) is 14.4. The molecule has 1 aliphatic heterocycles. The van der Waals surface area contributed by atoms with E-state index in [1.807, 2.05) is 12.1 Å². The van der Waals surface area contributed by atoms with E-state index in [1.54, 1.807) is 12.1 Å². The van der Waals surface area contributed by atoms with Crippen LogP contribution in [0.2, 0.25) is 5.02 Å². The molecule has 1 aliphatic rings. The van der Waals surface area contributed by atoms with Gasteiger partial charge in [-0.3, -0.25) is 0 Å². The summed E-state index contributed by atoms with van der Waals surface area (Å²) in [6.45, 7) is 2.82. The van der Waals surface area contributed by atoms with Gasteiger partial charge in [0.1, 0.15) is 11.6 Å². The Balaban J connectivity index is 1.86. The first-order valence-corrected chi connectivity index (χ1v) is 7.52. The number of anilines is 1. The highest BCUT2D eigenvalue weighted by Crippen LogP contribution is 2.31. The van der Waals surface area contributed by atoms with Gasteiger partial charge in [-0.1, -0.05) is 24.6 Å². The van der Waals surface area contributed by atoms with Crippen molar-refractivity contribution < 1.29 is 9.13 Å². The van der Waals surface area contributed by atoms with Crippen LogP contribution in [0.25, 0.3) is 0 Å². The van der Waals surface area contributed by atoms with Gasteiger partial charge in [0.25, 0.3) is 0 Å². The maximum absolute atomic E-state index is 13.9. The maximum Gasteiger partial charge on any atom is 0.146 e. The van der Waals surface area contributed by atoms with Gasteiger partial charge in [-0.2, -0.15) is 0 Å². The largest absolute Gasteiger partial charge is 0.493 e. The summed E-state index contributed by atoms with van der Waals surface area (Å²) in [5, 5.41) is 3.77. The summed E-state index contributed by atoms with van der Waals surface area (Å²) >= 11 is 5.94. The summed E-state index contributed by atoms with van der Waals surface area (Å²) in [5.41, 5.74) is 2.80. The molecule has 0 aromatic heterocycles. The van der Waals surface area contributed by atoms with Gasteiger partial charge in [0, 0.05) is 11.4 Å². The van der Waals surface area contributed by atoms with Crippen molar-refractivity contribution in [1.29, 1.82) is 0 Å². The number of ether oxygens (including phenoxy) is 1. The third-order valence-electron chi connectivity index (χ3n) is 3.78. The molecule has 0 aliphatic carbocycles. The molecule has 4 heteroatoms. The number of benzene rings is 2. The molecule has 0 bridgehead atoms. The van der Waals surface area contributed by atoms with Crippen LogP contribution in [0.1, 0.15) is 30.5 Å². The first-order valence-electron chi connectivity index (χ1n) is 7.14. The van der Waals surface area contributed by atoms with Gasteiger partial charge < -0.3 is 10.1 Å². The van der Waals surface area contributed by atoms with Crippen LogP contribution in [0.15, 0.2) is 36.4 Å². The fourth-order valence-electron chi connectivity index (χ4n) is 2.64. The molecule has 1 heterocycles. The predicted molar refractivity (Wildman–Crippen MR) is 83.7 cm³/mol. The van der Waals surface area contributed by atoms with Crippen molar-refractivity contribution in [1.82, 2.24) is 0 Å². The smallest absolute Gasteiger partial charge is 0.146 e. The van der Waals surface area contributed by atoms with Crippen LogP contribution in [-0.4, -0.2) is 6.61 Å². The number of halogens is 2. The molecule has 110 valence electrons. The third kappa shape index (κ3) is 2.98. The lowest BCUT2D eigenvalue weighted by atomic mass is 10.0. The topological polar surface area (TPSA) is 21.3 Å². The summed E-state index contributed by atoms with van der Waals surface area (Å²) in [7, 11) is 0. The minimum absolute atomic E-state index is 0.0452. The summed E-state index contributed by atoms with van der Waals surface area (Å²) in [6.07, 6.45) is 1.79. The number of hydrogen-bond donors (Lipinski definition) is 1. The summed E-state index contributed by atoms with van der Waals surface area (Å²) in [5.74, 6) is 0.671. The Morgan fingerprint density at radius 2 is 2.14 bits per heavy atom. The lowest BCUT2D eigenvalue weighted by molar-refractivity contribution is 0.357. The van der Waals surface area contributed by atoms with Gasteiger partial charge in [-0.15, -0.1) is 0 Å². The number of fused-ring (bicyclic) bond motifs is 1. The summed E-state index contributed by atoms with van der Waals surface area (Å²) < 4.78 is 19.4. The van der Waals surface area contributed by atoms with E-state index in [0.717, 1.165) is 30.8 Å². The average molecular weight is 306 g/mol. The van der Waals surface area contributed by atoms with Crippen LogP contribution in [0, 0.1) is 5.82 Å². The fraction of sp³-hybridized carbons (Fsp3) is 0.294. The second-order valence-corrected chi connectivity index (χ2v) is 5.63. The van der Waals surface area contributed by atoms with Crippen LogP contribution in [0.3, 0.4) is 0 Å². The van der Waals surface area contributed by atoms with Crippen molar-refractivity contribution in [3.63, 3.8) is 0 Å². The second-order valence-electron chi connectivity index (χ2n) is 5.19. The Morgan fingerprint density at radius 3 is 2.95 bits per heavy atom. The molecule has 2 aromatic carbocycles. The van der Waals surface area contributed by atoms with Gasteiger partial charge in [0.15, 0.2) is 0 Å². The van der Waals surface area contributed by atoms with Crippen molar-refractivity contribution in [2.75, 3.05) is 11.9 Å². The molecule has 0 fully saturated rings. The number of rotatable bonds is 4. The molecule has 1 unspecified atom stereocenters. The maximum atomic E-state index is 13.9. The fourth-order valence-corrected chi connectivity index (χ4v) is 2.81. The predicted octanol–water partition coefficient (Wildman–Crippen LogP) is 4.98. The first kappa shape index (κ1) is 14.2. The number of hydrogen-bond acceptors (Lipinski definition) is 2. The van der Waals surface area contributed by atoms with Crippen molar-refractivity contribution in [3.05, 3.63) is 58.4 Å². The van der Waals surface area contributed by atoms with E-state index in [1.165, 1.54) is 11.6 Å². The van der Waals surface area contributed by atoms with E-state index < -0.39 is 0 Å². The molecule has 0 spiro atoms. The summed E-state index contributed by atoms with van der Waals surface area (Å²) in [4.78, 5) is 0. The van der Waals surface area contributed by atoms with Crippen molar-refractivity contribution in [2.24, 2.45) is 0 Å². The highest BCUT2D eigenvalue weighted by Gasteiger charge is 2.17. The zero-order valence-corrected chi connectivity index (χ0v) is 12.6. The van der Waals surface area contributed by atoms with Crippen LogP contribution >= 0.6 is 11.6 Å². The molecule has 2 aromatic rings. The molecule has 2 nitrogen and oxygen atoms in total. The number of nitrogens with one attached hydrogen (secondary N) is 1. The minimum atomic E-state index is -0.289. The Kier molecular flexibility index (Phi) is 4.02. The molecule has 1 N–H and O–H groups in total. The third-order valence-corrected chi connectivity index (χ3v) is 4.02. The zero-order valence-electron chi connectivity index (χ0n) is 11.8. The van der Waals surface area contributed by atoms with E-state index in [9.17, 15) is 4.39 Å². The molecule has 0 saturated heterocycles. The molecule has 0 amide bonds. The van der Waals surface area contributed by atoms with E-state index in [0.29, 0.717) is 10.7 Å². The summed E-state index contributed by atoms with van der Waals surface area (Å²) in [6, 6.07) is 10.8. The molecule has 0 saturated carbocycles. The van der Waals surface area contributed by atoms with Crippen LogP contribution < -0.4 is 10.1 Å². The van der Waals surface area contributed by atoms with Crippen LogP contribution in [0.4, 0.5) is 10.1 Å². The second kappa shape index (κ2) is 5.94. The van der Waals surface area contributed by atoms with Gasteiger partial charge in [0.2, 0.25) is 0 Å². The van der Waals surface area contributed by atoms with Crippen LogP contribution in [-0.2, 0) is 6.42 Å². The van der Waals surface area contributed by atoms with E-state index in [4.69, 9.17) is 16.3 Å². The molecular formula is C17H17ClFNO. The quantitative estimate of drug-likeness (QED) is 0.860. The minimum Gasteiger partial charge on any atom is -0.493 e. The monoisotopic (exact) mass is 305 g/mol. The molecule has 0 radical (unpaired) electrons. The molecular weight excluding hydrogens is 289 g/mol. The standard InChI is InChI=1S/C17H17ClFNO/c1-2-15(20-16-10-13(18)4-5-14(16)19)11-3-6-17-12(9-11)7-8-21-17/h3-6,9-10,15,20H,2,7-8H2,1H3. The van der Waals surface area contributed by atoms with E-state index >= 15 is 0 Å². The highest BCUT2D eigenvalue weighted by molar-refractivity contribution is 6.30. The van der Waals surface area contributed by atoms with E-state index in [-0.39, 0.29) is 11.9 Å². The van der Waals surface area contributed by atoms with Gasteiger partial charge in [0.05, 0.1) is 18.3 Å². The van der Waals surface area contributed by atoms with Crippen LogP contribution in [0.5, 0.6) is 5.75 Å². The molecule has 1 atom stereocenters. The highest BCUT2D eigenvalue weighted by atomic mass is 35.5. The van der Waals surface area contributed by atoms with Crippen molar-refractivity contribution >= 4 is 17.3 Å². The zero-order chi connectivity index (χ0) is 14.8. The lowest BCUT2D eigenvalue weighted by Gasteiger charge is -2.20. The SMILES string of the molecule is CCC(Nc1cc(Cl)ccc1F)c1ccc2c(c1)CCO2. The van der Waals surface area contributed by atoms with E-state index in [2.05, 4.69) is 18.3 Å². The Bertz CT molecular complexity index is 659. The Labute approximate surface area is 128 Å². The molecule has 3 rings (SSSR count). The lowest BCUT2D eigenvalue weighted by Crippen LogP contribution is -2.11. The average Bonchev–Trinajstić information content (AvgIpc) is 2.95. The molecule has 21 heavy (non-hydrogen) atoms. The van der Waals surface area contributed by atoms with Gasteiger partial charge in [-0.05, 0) is 47.9 Å². The Morgan fingerprint density at radius 1 is 1.29 bits per heavy atom. The van der Waals surface area contributed by atoms with Crippen molar-refractivity contribution in [3.8, 4) is 5.75 Å². The first-order chi connectivity index (χ1) is 10.2.